The highest BCUT2D eigenvalue weighted by Crippen LogP contribution is 2.28. The van der Waals surface area contributed by atoms with Gasteiger partial charge in [0.15, 0.2) is 0 Å². The summed E-state index contributed by atoms with van der Waals surface area (Å²) in [5.41, 5.74) is 4.59. The lowest BCUT2D eigenvalue weighted by atomic mass is 10.0. The van der Waals surface area contributed by atoms with Crippen molar-refractivity contribution in [1.29, 1.82) is 0 Å². The van der Waals surface area contributed by atoms with E-state index in [9.17, 15) is 4.79 Å². The van der Waals surface area contributed by atoms with Crippen molar-refractivity contribution in [3.63, 3.8) is 0 Å². The number of benzene rings is 3. The van der Waals surface area contributed by atoms with Crippen molar-refractivity contribution in [2.45, 2.75) is 0 Å². The third-order valence-corrected chi connectivity index (χ3v) is 4.44. The molecule has 1 heterocycles. The van der Waals surface area contributed by atoms with Gasteiger partial charge in [0.2, 0.25) is 0 Å². The molecule has 25 heavy (non-hydrogen) atoms. The number of anilines is 1. The molecule has 0 saturated heterocycles. The second kappa shape index (κ2) is 6.29. The highest BCUT2D eigenvalue weighted by molar-refractivity contribution is 6.08. The molecule has 0 aliphatic rings. The summed E-state index contributed by atoms with van der Waals surface area (Å²) < 4.78 is 1.93. The first-order chi connectivity index (χ1) is 12.2. The molecule has 3 aromatic carbocycles. The summed E-state index contributed by atoms with van der Waals surface area (Å²) in [6.45, 7) is 0. The first-order valence-corrected chi connectivity index (χ1v) is 8.24. The second-order valence-electron chi connectivity index (χ2n) is 6.01. The molecule has 1 aromatic heterocycles. The van der Waals surface area contributed by atoms with Crippen LogP contribution in [0.4, 0.5) is 5.69 Å². The van der Waals surface area contributed by atoms with E-state index in [4.69, 9.17) is 0 Å². The fraction of sp³-hybridized carbons (Fsp3) is 0.0455. The van der Waals surface area contributed by atoms with E-state index < -0.39 is 0 Å². The van der Waals surface area contributed by atoms with E-state index in [1.165, 1.54) is 0 Å². The predicted molar refractivity (Wildman–Crippen MR) is 103 cm³/mol. The highest BCUT2D eigenvalue weighted by atomic mass is 16.1. The molecule has 3 nitrogen and oxygen atoms in total. The van der Waals surface area contributed by atoms with Crippen molar-refractivity contribution in [1.82, 2.24) is 4.57 Å². The standard InChI is InChI=1S/C22H18N2O/c1-24-20-14-8-5-11-17(20)15-21(24)22(25)23-19-13-7-6-12-18(19)16-9-3-2-4-10-16/h2-15H,1H3,(H,23,25). The molecule has 3 heteroatoms. The number of nitrogens with zero attached hydrogens (tertiary/aromatic N) is 1. The first-order valence-electron chi connectivity index (χ1n) is 8.24. The Morgan fingerprint density at radius 3 is 2.32 bits per heavy atom. The molecule has 1 N–H and O–H groups in total. The van der Waals surface area contributed by atoms with E-state index in [0.717, 1.165) is 27.7 Å². The zero-order chi connectivity index (χ0) is 17.2. The Hall–Kier alpha value is -3.33. The van der Waals surface area contributed by atoms with Crippen molar-refractivity contribution in [2.24, 2.45) is 7.05 Å². The summed E-state index contributed by atoms with van der Waals surface area (Å²) in [7, 11) is 1.92. The van der Waals surface area contributed by atoms with Gasteiger partial charge < -0.3 is 9.88 Å². The Morgan fingerprint density at radius 2 is 1.52 bits per heavy atom. The average Bonchev–Trinajstić information content (AvgIpc) is 3.00. The number of carbonyl (C=O) groups is 1. The van der Waals surface area contributed by atoms with Crippen LogP contribution in [-0.4, -0.2) is 10.5 Å². The van der Waals surface area contributed by atoms with Crippen LogP contribution in [0.25, 0.3) is 22.0 Å². The molecule has 1 amide bonds. The maximum Gasteiger partial charge on any atom is 0.272 e. The Morgan fingerprint density at radius 1 is 0.840 bits per heavy atom. The number of aryl methyl sites for hydroxylation is 1. The molecule has 0 atom stereocenters. The SMILES string of the molecule is Cn1c(C(=O)Nc2ccccc2-c2ccccc2)cc2ccccc21. The number of nitrogens with one attached hydrogen (secondary N) is 1. The molecule has 0 saturated carbocycles. The number of amides is 1. The highest BCUT2D eigenvalue weighted by Gasteiger charge is 2.15. The minimum absolute atomic E-state index is 0.109. The van der Waals surface area contributed by atoms with Crippen molar-refractivity contribution >= 4 is 22.5 Å². The van der Waals surface area contributed by atoms with E-state index in [1.807, 2.05) is 96.5 Å². The molecule has 122 valence electrons. The number of fused-ring (bicyclic) bond motifs is 1. The van der Waals surface area contributed by atoms with E-state index in [2.05, 4.69) is 5.32 Å². The third-order valence-electron chi connectivity index (χ3n) is 4.44. The van der Waals surface area contributed by atoms with Gasteiger partial charge in [-0.3, -0.25) is 4.79 Å². The van der Waals surface area contributed by atoms with Crippen LogP contribution in [0.3, 0.4) is 0 Å². The van der Waals surface area contributed by atoms with Crippen molar-refractivity contribution in [3.05, 3.63) is 90.6 Å². The van der Waals surface area contributed by atoms with Gasteiger partial charge in [0.05, 0.1) is 0 Å². The molecule has 0 spiro atoms. The van der Waals surface area contributed by atoms with Crippen molar-refractivity contribution < 1.29 is 4.79 Å². The Bertz CT molecular complexity index is 1050. The van der Waals surface area contributed by atoms with Crippen LogP contribution >= 0.6 is 0 Å². The average molecular weight is 326 g/mol. The van der Waals surface area contributed by atoms with Crippen LogP contribution in [0, 0.1) is 0 Å². The summed E-state index contributed by atoms with van der Waals surface area (Å²) in [6.07, 6.45) is 0. The van der Waals surface area contributed by atoms with Gasteiger partial charge in [-0.2, -0.15) is 0 Å². The molecule has 4 rings (SSSR count). The molecule has 0 radical (unpaired) electrons. The Kier molecular flexibility index (Phi) is 3.82. The largest absolute Gasteiger partial charge is 0.340 e. The molecule has 0 unspecified atom stereocenters. The summed E-state index contributed by atoms with van der Waals surface area (Å²) in [4.78, 5) is 12.9. The van der Waals surface area contributed by atoms with Gasteiger partial charge in [-0.1, -0.05) is 66.7 Å². The zero-order valence-electron chi connectivity index (χ0n) is 13.9. The molecule has 4 aromatic rings. The third kappa shape index (κ3) is 2.81. The lowest BCUT2D eigenvalue weighted by Crippen LogP contribution is -2.16. The smallest absolute Gasteiger partial charge is 0.272 e. The van der Waals surface area contributed by atoms with E-state index in [1.54, 1.807) is 0 Å². The van der Waals surface area contributed by atoms with Crippen LogP contribution in [0.1, 0.15) is 10.5 Å². The maximum atomic E-state index is 12.9. The Labute approximate surface area is 146 Å². The lowest BCUT2D eigenvalue weighted by molar-refractivity contribution is 0.102. The van der Waals surface area contributed by atoms with Crippen LogP contribution in [0.15, 0.2) is 84.9 Å². The van der Waals surface area contributed by atoms with E-state index in [0.29, 0.717) is 5.69 Å². The van der Waals surface area contributed by atoms with Crippen LogP contribution in [-0.2, 0) is 7.05 Å². The molecule has 0 aliphatic carbocycles. The number of hydrogen-bond donors (Lipinski definition) is 1. The second-order valence-corrected chi connectivity index (χ2v) is 6.01. The molecule has 0 bridgehead atoms. The summed E-state index contributed by atoms with van der Waals surface area (Å²) in [6, 6.07) is 27.9. The first kappa shape index (κ1) is 15.2. The maximum absolute atomic E-state index is 12.9. The van der Waals surface area contributed by atoms with E-state index >= 15 is 0 Å². The van der Waals surface area contributed by atoms with Crippen molar-refractivity contribution in [3.8, 4) is 11.1 Å². The van der Waals surface area contributed by atoms with Gasteiger partial charge in [0, 0.05) is 29.2 Å². The van der Waals surface area contributed by atoms with Crippen LogP contribution in [0.2, 0.25) is 0 Å². The zero-order valence-corrected chi connectivity index (χ0v) is 13.9. The van der Waals surface area contributed by atoms with Crippen LogP contribution < -0.4 is 5.32 Å². The van der Waals surface area contributed by atoms with Gasteiger partial charge in [0.1, 0.15) is 5.69 Å². The Balaban J connectivity index is 1.71. The monoisotopic (exact) mass is 326 g/mol. The summed E-state index contributed by atoms with van der Waals surface area (Å²) in [5, 5.41) is 4.13. The molecule has 0 aliphatic heterocycles. The predicted octanol–water partition coefficient (Wildman–Crippen LogP) is 5.10. The minimum Gasteiger partial charge on any atom is -0.340 e. The summed E-state index contributed by atoms with van der Waals surface area (Å²) >= 11 is 0. The van der Waals surface area contributed by atoms with Gasteiger partial charge in [-0.05, 0) is 23.8 Å². The van der Waals surface area contributed by atoms with Gasteiger partial charge in [-0.15, -0.1) is 0 Å². The normalized spacial score (nSPS) is 10.8. The van der Waals surface area contributed by atoms with Gasteiger partial charge >= 0.3 is 0 Å². The quantitative estimate of drug-likeness (QED) is 0.558. The van der Waals surface area contributed by atoms with Gasteiger partial charge in [0.25, 0.3) is 5.91 Å². The van der Waals surface area contributed by atoms with E-state index in [-0.39, 0.29) is 5.91 Å². The van der Waals surface area contributed by atoms with Crippen molar-refractivity contribution in [2.75, 3.05) is 5.32 Å². The number of aromatic nitrogens is 1. The minimum atomic E-state index is -0.109. The fourth-order valence-electron chi connectivity index (χ4n) is 3.15. The molecular formula is C22H18N2O. The topological polar surface area (TPSA) is 34.0 Å². The van der Waals surface area contributed by atoms with Gasteiger partial charge in [-0.25, -0.2) is 0 Å². The number of carbonyl (C=O) groups excluding carboxylic acids is 1. The molecular weight excluding hydrogens is 308 g/mol. The summed E-state index contributed by atoms with van der Waals surface area (Å²) in [5.74, 6) is -0.109. The fourth-order valence-corrected chi connectivity index (χ4v) is 3.15. The molecule has 0 fully saturated rings. The number of para-hydroxylation sites is 2. The van der Waals surface area contributed by atoms with Crippen LogP contribution in [0.5, 0.6) is 0 Å². The lowest BCUT2D eigenvalue weighted by Gasteiger charge is -2.12. The number of hydrogen-bond acceptors (Lipinski definition) is 1. The number of rotatable bonds is 3.